The number of sulfonamides is 1. The highest BCUT2D eigenvalue weighted by atomic mass is 32.2. The third-order valence-corrected chi connectivity index (χ3v) is 5.62. The fourth-order valence-corrected chi connectivity index (χ4v) is 3.60. The third-order valence-electron chi connectivity index (χ3n) is 3.38. The first-order valence-corrected chi connectivity index (χ1v) is 7.56. The lowest BCUT2D eigenvalue weighted by Crippen LogP contribution is -2.34. The second-order valence-corrected chi connectivity index (χ2v) is 7.34. The van der Waals surface area contributed by atoms with Crippen LogP contribution in [-0.4, -0.2) is 31.1 Å². The number of hydrogen-bond acceptors (Lipinski definition) is 2. The van der Waals surface area contributed by atoms with Crippen LogP contribution < -0.4 is 0 Å². The van der Waals surface area contributed by atoms with Crippen LogP contribution in [0.25, 0.3) is 0 Å². The van der Waals surface area contributed by atoms with Crippen LogP contribution in [0.3, 0.4) is 0 Å². The molecule has 0 aliphatic carbocycles. The predicted molar refractivity (Wildman–Crippen MR) is 69.4 cm³/mol. The van der Waals surface area contributed by atoms with E-state index < -0.39 is 10.0 Å². The van der Waals surface area contributed by atoms with E-state index >= 15 is 0 Å². The molecule has 1 aliphatic heterocycles. The van der Waals surface area contributed by atoms with Gasteiger partial charge in [-0.25, -0.2) is 12.7 Å². The molecule has 0 bridgehead atoms. The zero-order valence-corrected chi connectivity index (χ0v) is 11.2. The molecule has 2 rings (SSSR count). The smallest absolute Gasteiger partial charge is 0.212 e. The Morgan fingerprint density at radius 2 is 1.88 bits per heavy atom. The second kappa shape index (κ2) is 4.78. The van der Waals surface area contributed by atoms with Gasteiger partial charge in [0.05, 0.1) is 5.25 Å². The van der Waals surface area contributed by atoms with E-state index in [1.54, 1.807) is 18.2 Å². The van der Waals surface area contributed by atoms with Crippen LogP contribution in [0, 0.1) is 0 Å². The Labute approximate surface area is 104 Å². The fraction of sp³-hybridized carbons (Fsp3) is 0.538. The number of rotatable bonds is 3. The summed E-state index contributed by atoms with van der Waals surface area (Å²) in [6.45, 7) is 4.76. The van der Waals surface area contributed by atoms with Crippen LogP contribution in [0.4, 0.5) is 0 Å². The molecule has 0 spiro atoms. The van der Waals surface area contributed by atoms with Gasteiger partial charge in [-0.3, -0.25) is 0 Å². The molecule has 1 aromatic rings. The Balaban J connectivity index is 2.11. The predicted octanol–water partition coefficient (Wildman–Crippen LogP) is 2.21. The van der Waals surface area contributed by atoms with Crippen molar-refractivity contribution >= 4 is 10.0 Å². The molecular weight excluding hydrogens is 234 g/mol. The second-order valence-electron chi connectivity index (χ2n) is 4.85. The Kier molecular flexibility index (Phi) is 3.54. The summed E-state index contributed by atoms with van der Waals surface area (Å²) in [5.74, 6) is 0.352. The monoisotopic (exact) mass is 253 g/mol. The molecule has 1 atom stereocenters. The molecule has 17 heavy (non-hydrogen) atoms. The molecule has 3 nitrogen and oxygen atoms in total. The first-order valence-electron chi connectivity index (χ1n) is 6.05. The van der Waals surface area contributed by atoms with Crippen LogP contribution in [0.15, 0.2) is 30.3 Å². The molecule has 0 saturated carbocycles. The Morgan fingerprint density at radius 3 is 2.47 bits per heavy atom. The molecular formula is C13H19NO2S. The van der Waals surface area contributed by atoms with E-state index in [9.17, 15) is 8.42 Å². The molecule has 1 fully saturated rings. The molecule has 0 N–H and O–H groups in total. The van der Waals surface area contributed by atoms with Gasteiger partial charge in [0.1, 0.15) is 0 Å². The summed E-state index contributed by atoms with van der Waals surface area (Å²) in [5.41, 5.74) is 1.24. The van der Waals surface area contributed by atoms with Crippen LogP contribution in [0.5, 0.6) is 0 Å². The van der Waals surface area contributed by atoms with Gasteiger partial charge in [0.2, 0.25) is 10.0 Å². The standard InChI is InChI=1S/C13H19NO2S/c1-11(2)17(15,16)14-9-8-13(10-14)12-6-4-3-5-7-12/h3-7,11,13H,8-10H2,1-2H3. The lowest BCUT2D eigenvalue weighted by Gasteiger charge is -2.19. The van der Waals surface area contributed by atoms with Crippen molar-refractivity contribution in [2.75, 3.05) is 13.1 Å². The lowest BCUT2D eigenvalue weighted by atomic mass is 9.99. The number of benzene rings is 1. The van der Waals surface area contributed by atoms with Gasteiger partial charge in [-0.15, -0.1) is 0 Å². The zero-order chi connectivity index (χ0) is 12.5. The van der Waals surface area contributed by atoms with E-state index in [4.69, 9.17) is 0 Å². The Bertz CT molecular complexity index is 467. The fourth-order valence-electron chi connectivity index (χ4n) is 2.25. The maximum Gasteiger partial charge on any atom is 0.216 e. The van der Waals surface area contributed by atoms with Gasteiger partial charge in [0, 0.05) is 13.1 Å². The molecule has 0 amide bonds. The van der Waals surface area contributed by atoms with E-state index in [1.807, 2.05) is 18.2 Å². The summed E-state index contributed by atoms with van der Waals surface area (Å²) < 4.78 is 25.7. The average Bonchev–Trinajstić information content (AvgIpc) is 2.80. The Hall–Kier alpha value is -0.870. The molecule has 1 heterocycles. The van der Waals surface area contributed by atoms with E-state index in [-0.39, 0.29) is 5.25 Å². The van der Waals surface area contributed by atoms with E-state index in [0.717, 1.165) is 6.42 Å². The minimum atomic E-state index is -3.08. The molecule has 1 aromatic carbocycles. The van der Waals surface area contributed by atoms with Crippen molar-refractivity contribution in [3.8, 4) is 0 Å². The summed E-state index contributed by atoms with van der Waals surface area (Å²) in [7, 11) is -3.08. The zero-order valence-electron chi connectivity index (χ0n) is 10.3. The van der Waals surface area contributed by atoms with Gasteiger partial charge in [0.15, 0.2) is 0 Å². The largest absolute Gasteiger partial charge is 0.216 e. The van der Waals surface area contributed by atoms with Crippen molar-refractivity contribution in [1.29, 1.82) is 0 Å². The maximum atomic E-state index is 12.0. The van der Waals surface area contributed by atoms with Crippen molar-refractivity contribution < 1.29 is 8.42 Å². The SMILES string of the molecule is CC(C)S(=O)(=O)N1CCC(c2ccccc2)C1. The van der Waals surface area contributed by atoms with Crippen LogP contribution in [0.2, 0.25) is 0 Å². The minimum absolute atomic E-state index is 0.322. The topological polar surface area (TPSA) is 37.4 Å². The molecule has 4 heteroatoms. The summed E-state index contributed by atoms with van der Waals surface area (Å²) in [6, 6.07) is 10.2. The highest BCUT2D eigenvalue weighted by molar-refractivity contribution is 7.89. The van der Waals surface area contributed by atoms with Crippen molar-refractivity contribution in [2.24, 2.45) is 0 Å². The van der Waals surface area contributed by atoms with E-state index in [0.29, 0.717) is 19.0 Å². The molecule has 94 valence electrons. The normalized spacial score (nSPS) is 22.2. The molecule has 0 radical (unpaired) electrons. The summed E-state index contributed by atoms with van der Waals surface area (Å²) >= 11 is 0. The van der Waals surface area contributed by atoms with Crippen LogP contribution in [0.1, 0.15) is 31.7 Å². The third kappa shape index (κ3) is 2.53. The lowest BCUT2D eigenvalue weighted by molar-refractivity contribution is 0.465. The van der Waals surface area contributed by atoms with Gasteiger partial charge in [-0.2, -0.15) is 0 Å². The van der Waals surface area contributed by atoms with Gasteiger partial charge < -0.3 is 0 Å². The van der Waals surface area contributed by atoms with Crippen molar-refractivity contribution in [3.05, 3.63) is 35.9 Å². The van der Waals surface area contributed by atoms with Crippen molar-refractivity contribution in [2.45, 2.75) is 31.4 Å². The highest BCUT2D eigenvalue weighted by Gasteiger charge is 2.33. The molecule has 1 saturated heterocycles. The molecule has 1 unspecified atom stereocenters. The first-order chi connectivity index (χ1) is 8.01. The van der Waals surface area contributed by atoms with Crippen molar-refractivity contribution in [1.82, 2.24) is 4.31 Å². The first kappa shape index (κ1) is 12.6. The van der Waals surface area contributed by atoms with E-state index in [2.05, 4.69) is 12.1 Å². The van der Waals surface area contributed by atoms with Gasteiger partial charge in [-0.05, 0) is 31.7 Å². The summed E-state index contributed by atoms with van der Waals surface area (Å²) in [4.78, 5) is 0. The quantitative estimate of drug-likeness (QED) is 0.828. The van der Waals surface area contributed by atoms with E-state index in [1.165, 1.54) is 5.56 Å². The minimum Gasteiger partial charge on any atom is -0.212 e. The maximum absolute atomic E-state index is 12.0. The van der Waals surface area contributed by atoms with Gasteiger partial charge in [0.25, 0.3) is 0 Å². The van der Waals surface area contributed by atoms with Crippen LogP contribution >= 0.6 is 0 Å². The molecule has 0 aromatic heterocycles. The molecule has 1 aliphatic rings. The summed E-state index contributed by atoms with van der Waals surface area (Å²) in [5, 5.41) is -0.322. The number of nitrogens with zero attached hydrogens (tertiary/aromatic N) is 1. The van der Waals surface area contributed by atoms with Gasteiger partial charge >= 0.3 is 0 Å². The van der Waals surface area contributed by atoms with Gasteiger partial charge in [-0.1, -0.05) is 30.3 Å². The Morgan fingerprint density at radius 1 is 1.24 bits per heavy atom. The highest BCUT2D eigenvalue weighted by Crippen LogP contribution is 2.29. The van der Waals surface area contributed by atoms with Crippen LogP contribution in [-0.2, 0) is 10.0 Å². The average molecular weight is 253 g/mol. The summed E-state index contributed by atoms with van der Waals surface area (Å²) in [6.07, 6.45) is 0.927. The van der Waals surface area contributed by atoms with Crippen molar-refractivity contribution in [3.63, 3.8) is 0 Å². The number of hydrogen-bond donors (Lipinski definition) is 0.